The lowest BCUT2D eigenvalue weighted by Crippen LogP contribution is -2.57. The number of nitrogens with zero attached hydrogens (tertiary/aromatic N) is 2. The van der Waals surface area contributed by atoms with Crippen molar-refractivity contribution in [3.63, 3.8) is 0 Å². The maximum Gasteiger partial charge on any atom is 0.311 e. The molecular weight excluding hydrogens is 476 g/mol. The van der Waals surface area contributed by atoms with E-state index in [0.717, 1.165) is 0 Å². The van der Waals surface area contributed by atoms with Gasteiger partial charge in [0.2, 0.25) is 5.91 Å². The van der Waals surface area contributed by atoms with Gasteiger partial charge in [-0.2, -0.15) is 0 Å². The summed E-state index contributed by atoms with van der Waals surface area (Å²) in [7, 11) is 0. The molecule has 0 saturated carbocycles. The van der Waals surface area contributed by atoms with Crippen LogP contribution >= 0.6 is 23.4 Å². The van der Waals surface area contributed by atoms with Gasteiger partial charge in [-0.05, 0) is 57.9 Å². The molecule has 7 nitrogen and oxygen atoms in total. The van der Waals surface area contributed by atoms with Crippen LogP contribution in [0.25, 0.3) is 0 Å². The first-order valence-electron chi connectivity index (χ1n) is 11.6. The summed E-state index contributed by atoms with van der Waals surface area (Å²) in [5.41, 5.74) is 0.642. The Bertz CT molecular complexity index is 1000. The Morgan fingerprint density at radius 1 is 1.38 bits per heavy atom. The van der Waals surface area contributed by atoms with Gasteiger partial charge >= 0.3 is 5.97 Å². The third-order valence-electron chi connectivity index (χ3n) is 7.44. The Morgan fingerprint density at radius 3 is 2.65 bits per heavy atom. The van der Waals surface area contributed by atoms with E-state index in [4.69, 9.17) is 16.3 Å². The molecule has 0 aliphatic carbocycles. The number of aliphatic hydroxyl groups is 1. The molecule has 6 atom stereocenters. The van der Waals surface area contributed by atoms with Crippen LogP contribution in [0.15, 0.2) is 36.9 Å². The molecular formula is C25H31ClN2O5S. The molecule has 2 unspecified atom stereocenters. The number of hydrogen-bond acceptors (Lipinski definition) is 6. The van der Waals surface area contributed by atoms with Gasteiger partial charge in [-0.25, -0.2) is 0 Å². The second-order valence-electron chi connectivity index (χ2n) is 9.47. The number of aliphatic hydroxyl groups excluding tert-OH is 1. The molecule has 4 rings (SSSR count). The van der Waals surface area contributed by atoms with Gasteiger partial charge in [0.25, 0.3) is 5.91 Å². The highest BCUT2D eigenvalue weighted by atomic mass is 35.5. The molecule has 1 aromatic rings. The summed E-state index contributed by atoms with van der Waals surface area (Å²) in [4.78, 5) is 44.3. The number of fused-ring (bicyclic) bond motifs is 1. The monoisotopic (exact) mass is 506 g/mol. The highest BCUT2D eigenvalue weighted by molar-refractivity contribution is 8.02. The summed E-state index contributed by atoms with van der Waals surface area (Å²) in [6, 6.07) is 5.54. The van der Waals surface area contributed by atoms with Crippen LogP contribution in [0.3, 0.4) is 0 Å². The van der Waals surface area contributed by atoms with Crippen molar-refractivity contribution < 1.29 is 24.2 Å². The lowest BCUT2D eigenvalue weighted by molar-refractivity contribution is -0.155. The second-order valence-corrected chi connectivity index (χ2v) is 11.8. The zero-order valence-electron chi connectivity index (χ0n) is 19.7. The first-order valence-corrected chi connectivity index (χ1v) is 12.8. The van der Waals surface area contributed by atoms with E-state index < -0.39 is 33.4 Å². The van der Waals surface area contributed by atoms with Crippen molar-refractivity contribution in [3.8, 4) is 0 Å². The number of benzene rings is 1. The topological polar surface area (TPSA) is 87.2 Å². The molecule has 3 fully saturated rings. The van der Waals surface area contributed by atoms with Crippen molar-refractivity contribution in [3.05, 3.63) is 41.9 Å². The summed E-state index contributed by atoms with van der Waals surface area (Å²) < 4.78 is 4.14. The predicted molar refractivity (Wildman–Crippen MR) is 133 cm³/mol. The van der Waals surface area contributed by atoms with E-state index in [1.165, 1.54) is 4.90 Å². The summed E-state index contributed by atoms with van der Waals surface area (Å²) in [5.74, 6) is -2.20. The first-order chi connectivity index (χ1) is 16.1. The van der Waals surface area contributed by atoms with Gasteiger partial charge in [0.1, 0.15) is 6.04 Å². The van der Waals surface area contributed by atoms with Gasteiger partial charge in [0.15, 0.2) is 0 Å². The van der Waals surface area contributed by atoms with Gasteiger partial charge in [0.05, 0.1) is 35.8 Å². The van der Waals surface area contributed by atoms with Crippen molar-refractivity contribution in [1.82, 2.24) is 4.90 Å². The van der Waals surface area contributed by atoms with E-state index in [9.17, 15) is 19.5 Å². The molecule has 2 bridgehead atoms. The van der Waals surface area contributed by atoms with E-state index >= 15 is 0 Å². The Morgan fingerprint density at radius 2 is 2.06 bits per heavy atom. The van der Waals surface area contributed by atoms with Crippen molar-refractivity contribution in [2.24, 2.45) is 11.8 Å². The quantitative estimate of drug-likeness (QED) is 0.430. The van der Waals surface area contributed by atoms with Crippen LogP contribution < -0.4 is 4.90 Å². The van der Waals surface area contributed by atoms with Crippen molar-refractivity contribution in [2.45, 2.75) is 55.2 Å². The third kappa shape index (κ3) is 3.65. The minimum absolute atomic E-state index is 0.229. The van der Waals surface area contributed by atoms with Crippen molar-refractivity contribution in [2.75, 3.05) is 24.7 Å². The standard InChI is InChI=1S/C25H31ClN2O5S/c1-5-13-27(17-9-7-16(26)8-10-17)22(31)20-25-12-11-24(4,34-25)19(23(32)33-6-2)18(25)21(30)28(20)15(3)14-29/h5,7-10,15,18-20,29H,1,6,11-14H2,2-4H3/t15-,18+,19+,20?,24-,25?/m1/s1. The lowest BCUT2D eigenvalue weighted by atomic mass is 9.66. The average molecular weight is 507 g/mol. The fraction of sp³-hybridized carbons (Fsp3) is 0.560. The van der Waals surface area contributed by atoms with E-state index in [2.05, 4.69) is 6.58 Å². The fourth-order valence-electron chi connectivity index (χ4n) is 6.02. The number of rotatable bonds is 8. The first kappa shape index (κ1) is 25.1. The largest absolute Gasteiger partial charge is 0.466 e. The number of likely N-dealkylation sites (tertiary alicyclic amines) is 1. The molecule has 3 aliphatic rings. The summed E-state index contributed by atoms with van der Waals surface area (Å²) >= 11 is 7.64. The van der Waals surface area contributed by atoms with Crippen LogP contribution in [0.1, 0.15) is 33.6 Å². The highest BCUT2D eigenvalue weighted by Gasteiger charge is 2.78. The maximum atomic E-state index is 14.3. The highest BCUT2D eigenvalue weighted by Crippen LogP contribution is 2.71. The van der Waals surface area contributed by atoms with Gasteiger partial charge < -0.3 is 19.6 Å². The van der Waals surface area contributed by atoms with Crippen molar-refractivity contribution in [1.29, 1.82) is 0 Å². The molecule has 9 heteroatoms. The van der Waals surface area contributed by atoms with E-state index in [-0.39, 0.29) is 37.5 Å². The minimum atomic E-state index is -0.825. The van der Waals surface area contributed by atoms with Gasteiger partial charge in [-0.15, -0.1) is 18.3 Å². The molecule has 0 aromatic heterocycles. The molecule has 1 aromatic carbocycles. The molecule has 1 N–H and O–H groups in total. The Balaban J connectivity index is 1.82. The third-order valence-corrected chi connectivity index (χ3v) is 9.68. The van der Waals surface area contributed by atoms with Crippen LogP contribution in [-0.2, 0) is 19.1 Å². The molecule has 34 heavy (non-hydrogen) atoms. The molecule has 3 heterocycles. The number of halogens is 1. The Kier molecular flexibility index (Phi) is 6.79. The smallest absolute Gasteiger partial charge is 0.311 e. The van der Waals surface area contributed by atoms with Gasteiger partial charge in [-0.3, -0.25) is 14.4 Å². The summed E-state index contributed by atoms with van der Waals surface area (Å²) in [5, 5.41) is 10.5. The predicted octanol–water partition coefficient (Wildman–Crippen LogP) is 3.28. The van der Waals surface area contributed by atoms with Gasteiger partial charge in [-0.1, -0.05) is 17.7 Å². The number of ether oxygens (including phenoxy) is 1. The SMILES string of the molecule is C=CCN(C(=O)C1N([C@H](C)CO)C(=O)[C@@H]2[C@@H](C(=O)OCC)[C@@]3(C)CCC12S3)c1ccc(Cl)cc1. The van der Waals surface area contributed by atoms with E-state index in [1.54, 1.807) is 60.9 Å². The zero-order valence-corrected chi connectivity index (χ0v) is 21.3. The van der Waals surface area contributed by atoms with Crippen LogP contribution in [0.5, 0.6) is 0 Å². The molecule has 3 saturated heterocycles. The maximum absolute atomic E-state index is 14.3. The number of anilines is 1. The number of thioether (sulfide) groups is 1. The number of carbonyl (C=O) groups excluding carboxylic acids is 3. The summed E-state index contributed by atoms with van der Waals surface area (Å²) in [6.07, 6.45) is 2.98. The number of carbonyl (C=O) groups is 3. The fourth-order valence-corrected chi connectivity index (χ4v) is 8.47. The Hall–Kier alpha value is -2.03. The molecule has 2 amide bonds. The summed E-state index contributed by atoms with van der Waals surface area (Å²) in [6.45, 7) is 9.48. The van der Waals surface area contributed by atoms with Gasteiger partial charge in [0, 0.05) is 22.0 Å². The van der Waals surface area contributed by atoms with Crippen molar-refractivity contribution >= 4 is 46.8 Å². The van der Waals surface area contributed by atoms with Crippen LogP contribution in [0.2, 0.25) is 5.02 Å². The number of esters is 1. The normalized spacial score (nSPS) is 32.4. The van der Waals surface area contributed by atoms with Crippen LogP contribution in [0.4, 0.5) is 5.69 Å². The second kappa shape index (κ2) is 9.21. The van der Waals surface area contributed by atoms with E-state index in [0.29, 0.717) is 23.6 Å². The molecule has 184 valence electrons. The molecule has 0 radical (unpaired) electrons. The van der Waals surface area contributed by atoms with Crippen LogP contribution in [0, 0.1) is 11.8 Å². The molecule has 3 aliphatic heterocycles. The molecule has 1 spiro atoms. The zero-order chi connectivity index (χ0) is 24.8. The number of hydrogen-bond donors (Lipinski definition) is 1. The lowest BCUT2D eigenvalue weighted by Gasteiger charge is -2.38. The van der Waals surface area contributed by atoms with Crippen LogP contribution in [-0.4, -0.2) is 69.1 Å². The average Bonchev–Trinajstić information content (AvgIpc) is 3.38. The minimum Gasteiger partial charge on any atom is -0.466 e. The number of amides is 2. The van der Waals surface area contributed by atoms with E-state index in [1.807, 2.05) is 6.92 Å². The Labute approximate surface area is 209 Å².